The molecule has 9 nitrogen and oxygen atoms in total. The third kappa shape index (κ3) is 3.54. The van der Waals surface area contributed by atoms with Crippen LogP contribution >= 0.6 is 0 Å². The van der Waals surface area contributed by atoms with Crippen LogP contribution in [0.15, 0.2) is 18.2 Å². The zero-order valence-corrected chi connectivity index (χ0v) is 12.2. The lowest BCUT2D eigenvalue weighted by Gasteiger charge is -2.39. The first-order chi connectivity index (χ1) is 10.9. The van der Waals surface area contributed by atoms with E-state index in [9.17, 15) is 25.2 Å². The van der Waals surface area contributed by atoms with Crippen LogP contribution in [-0.4, -0.2) is 75.9 Å². The molecule has 0 aromatic heterocycles. The summed E-state index contributed by atoms with van der Waals surface area (Å²) in [5.74, 6) is -1.10. The van der Waals surface area contributed by atoms with E-state index in [1.807, 2.05) is 0 Å². The van der Waals surface area contributed by atoms with Crippen LogP contribution in [-0.2, 0) is 9.47 Å². The Hall–Kier alpha value is -1.91. The summed E-state index contributed by atoms with van der Waals surface area (Å²) in [7, 11) is 1.17. The van der Waals surface area contributed by atoms with Gasteiger partial charge in [0.15, 0.2) is 0 Å². The van der Waals surface area contributed by atoms with Crippen molar-refractivity contribution in [3.63, 3.8) is 0 Å². The average molecular weight is 330 g/mol. The molecular weight excluding hydrogens is 312 g/mol. The Morgan fingerprint density at radius 2 is 1.91 bits per heavy atom. The van der Waals surface area contributed by atoms with E-state index in [4.69, 9.17) is 14.6 Å². The van der Waals surface area contributed by atoms with E-state index < -0.39 is 49.0 Å². The molecule has 1 aliphatic heterocycles. The molecule has 5 N–H and O–H groups in total. The number of phenols is 1. The number of benzene rings is 1. The first kappa shape index (κ1) is 17.4. The highest BCUT2D eigenvalue weighted by molar-refractivity contribution is 5.92. The van der Waals surface area contributed by atoms with Crippen molar-refractivity contribution in [3.8, 4) is 11.5 Å². The van der Waals surface area contributed by atoms with Gasteiger partial charge in [-0.3, -0.25) is 0 Å². The van der Waals surface area contributed by atoms with Crippen LogP contribution in [0.2, 0.25) is 0 Å². The van der Waals surface area contributed by atoms with E-state index in [-0.39, 0.29) is 11.3 Å². The average Bonchev–Trinajstić information content (AvgIpc) is 2.54. The molecule has 5 atom stereocenters. The van der Waals surface area contributed by atoms with Gasteiger partial charge in [-0.25, -0.2) is 4.79 Å². The normalized spacial score (nSPS) is 30.7. The second kappa shape index (κ2) is 7.11. The molecule has 1 aromatic rings. The molecule has 1 heterocycles. The highest BCUT2D eigenvalue weighted by atomic mass is 16.7. The van der Waals surface area contributed by atoms with E-state index in [1.54, 1.807) is 0 Å². The van der Waals surface area contributed by atoms with Gasteiger partial charge in [0.2, 0.25) is 6.29 Å². The van der Waals surface area contributed by atoms with Gasteiger partial charge in [0.05, 0.1) is 13.7 Å². The summed E-state index contributed by atoms with van der Waals surface area (Å²) in [6.45, 7) is -0.586. The fourth-order valence-corrected chi connectivity index (χ4v) is 2.17. The number of aliphatic hydroxyl groups excluding tert-OH is 4. The van der Waals surface area contributed by atoms with Gasteiger partial charge in [-0.1, -0.05) is 0 Å². The second-order valence-corrected chi connectivity index (χ2v) is 4.99. The number of phenolic OH excluding ortho intramolecular Hbond substituents is 1. The van der Waals surface area contributed by atoms with Crippen molar-refractivity contribution in [1.82, 2.24) is 0 Å². The van der Waals surface area contributed by atoms with Crippen LogP contribution in [0.1, 0.15) is 10.4 Å². The van der Waals surface area contributed by atoms with E-state index >= 15 is 0 Å². The number of aromatic hydroxyl groups is 1. The van der Waals surface area contributed by atoms with Crippen LogP contribution in [0, 0.1) is 0 Å². The molecule has 128 valence electrons. The summed E-state index contributed by atoms with van der Waals surface area (Å²) in [6.07, 6.45) is -7.13. The van der Waals surface area contributed by atoms with Crippen molar-refractivity contribution in [2.45, 2.75) is 30.7 Å². The van der Waals surface area contributed by atoms with Gasteiger partial charge >= 0.3 is 5.97 Å². The van der Waals surface area contributed by atoms with Gasteiger partial charge in [-0.15, -0.1) is 0 Å². The van der Waals surface area contributed by atoms with Crippen molar-refractivity contribution >= 4 is 5.97 Å². The Morgan fingerprint density at radius 1 is 1.22 bits per heavy atom. The lowest BCUT2D eigenvalue weighted by molar-refractivity contribution is -0.277. The molecule has 0 saturated carbocycles. The minimum Gasteiger partial charge on any atom is -0.507 e. The summed E-state index contributed by atoms with van der Waals surface area (Å²) < 4.78 is 15.0. The minimum absolute atomic E-state index is 0.0412. The Labute approximate surface area is 131 Å². The number of carbonyl (C=O) groups excluding carboxylic acids is 1. The van der Waals surface area contributed by atoms with Gasteiger partial charge in [0.25, 0.3) is 0 Å². The Balaban J connectivity index is 2.15. The molecule has 0 amide bonds. The van der Waals surface area contributed by atoms with Crippen LogP contribution < -0.4 is 4.74 Å². The quantitative estimate of drug-likeness (QED) is 0.410. The summed E-state index contributed by atoms with van der Waals surface area (Å²) in [4.78, 5) is 11.4. The molecule has 0 bridgehead atoms. The molecule has 0 unspecified atom stereocenters. The number of carbonyl (C=O) groups is 1. The highest BCUT2D eigenvalue weighted by Crippen LogP contribution is 2.28. The molecular formula is C14H18O9. The smallest absolute Gasteiger partial charge is 0.341 e. The largest absolute Gasteiger partial charge is 0.507 e. The topological polar surface area (TPSA) is 146 Å². The lowest BCUT2D eigenvalue weighted by atomic mass is 9.99. The van der Waals surface area contributed by atoms with E-state index in [2.05, 4.69) is 4.74 Å². The number of aliphatic hydroxyl groups is 4. The molecule has 1 aliphatic rings. The van der Waals surface area contributed by atoms with Crippen LogP contribution in [0.5, 0.6) is 11.5 Å². The molecule has 1 saturated heterocycles. The predicted molar refractivity (Wildman–Crippen MR) is 73.8 cm³/mol. The number of hydrogen-bond donors (Lipinski definition) is 5. The summed E-state index contributed by atoms with van der Waals surface area (Å²) in [5.41, 5.74) is -0.0753. The van der Waals surface area contributed by atoms with Crippen molar-refractivity contribution in [1.29, 1.82) is 0 Å². The maximum absolute atomic E-state index is 11.4. The van der Waals surface area contributed by atoms with E-state index in [0.29, 0.717) is 0 Å². The molecule has 0 radical (unpaired) electrons. The number of rotatable bonds is 4. The second-order valence-electron chi connectivity index (χ2n) is 4.99. The van der Waals surface area contributed by atoms with Gasteiger partial charge in [0.1, 0.15) is 41.5 Å². The third-order valence-corrected chi connectivity index (χ3v) is 3.48. The van der Waals surface area contributed by atoms with E-state index in [0.717, 1.165) is 6.07 Å². The number of ether oxygens (including phenoxy) is 3. The Morgan fingerprint density at radius 3 is 2.48 bits per heavy atom. The van der Waals surface area contributed by atoms with Crippen LogP contribution in [0.3, 0.4) is 0 Å². The van der Waals surface area contributed by atoms with Gasteiger partial charge in [0, 0.05) is 6.07 Å². The molecule has 23 heavy (non-hydrogen) atoms. The zero-order chi connectivity index (χ0) is 17.1. The molecule has 0 spiro atoms. The fraction of sp³-hybridized carbons (Fsp3) is 0.500. The maximum atomic E-state index is 11.4. The monoisotopic (exact) mass is 330 g/mol. The van der Waals surface area contributed by atoms with Crippen molar-refractivity contribution < 1.29 is 44.5 Å². The van der Waals surface area contributed by atoms with Crippen molar-refractivity contribution in [2.75, 3.05) is 13.7 Å². The van der Waals surface area contributed by atoms with E-state index in [1.165, 1.54) is 19.2 Å². The Bertz CT molecular complexity index is 559. The van der Waals surface area contributed by atoms with Crippen molar-refractivity contribution in [3.05, 3.63) is 23.8 Å². The first-order valence-corrected chi connectivity index (χ1v) is 6.77. The highest BCUT2D eigenvalue weighted by Gasteiger charge is 2.44. The minimum atomic E-state index is -1.58. The molecule has 1 fully saturated rings. The number of methoxy groups -OCH3 is 1. The zero-order valence-electron chi connectivity index (χ0n) is 12.2. The first-order valence-electron chi connectivity index (χ1n) is 6.77. The fourth-order valence-electron chi connectivity index (χ4n) is 2.17. The van der Waals surface area contributed by atoms with Gasteiger partial charge in [-0.2, -0.15) is 0 Å². The predicted octanol–water partition coefficient (Wildman–Crippen LogP) is -1.64. The number of hydrogen-bond acceptors (Lipinski definition) is 9. The SMILES string of the molecule is COC(=O)c1ccc(O[C@@H]2O[C@H](CO)[C@@H](O)[C@H](O)[C@H]2O)cc1O. The molecule has 2 rings (SSSR count). The van der Waals surface area contributed by atoms with Crippen molar-refractivity contribution in [2.24, 2.45) is 0 Å². The lowest BCUT2D eigenvalue weighted by Crippen LogP contribution is -2.60. The summed E-state index contributed by atoms with van der Waals surface area (Å²) >= 11 is 0. The third-order valence-electron chi connectivity index (χ3n) is 3.48. The van der Waals surface area contributed by atoms with Gasteiger partial charge in [-0.05, 0) is 12.1 Å². The van der Waals surface area contributed by atoms with Gasteiger partial charge < -0.3 is 39.7 Å². The van der Waals surface area contributed by atoms with Crippen LogP contribution in [0.4, 0.5) is 0 Å². The Kier molecular flexibility index (Phi) is 5.39. The standard InChI is InChI=1S/C14H18O9/c1-21-13(20)7-3-2-6(4-8(7)16)22-14-12(19)11(18)10(17)9(5-15)23-14/h2-4,9-12,14-19H,5H2,1H3/t9-,10-,11+,12-,14-/m1/s1. The molecule has 1 aromatic carbocycles. The molecule has 0 aliphatic carbocycles. The van der Waals surface area contributed by atoms with Crippen LogP contribution in [0.25, 0.3) is 0 Å². The summed E-state index contributed by atoms with van der Waals surface area (Å²) in [5, 5.41) is 48.1. The maximum Gasteiger partial charge on any atom is 0.341 e. The molecule has 9 heteroatoms. The summed E-state index contributed by atoms with van der Waals surface area (Å²) in [6, 6.07) is 3.68. The number of esters is 1.